The molecule has 3 unspecified atom stereocenters. The molecule has 5 heterocycles. The number of rotatable bonds is 5. The van der Waals surface area contributed by atoms with Gasteiger partial charge in [-0.15, -0.1) is 0 Å². The van der Waals surface area contributed by atoms with Gasteiger partial charge in [0.1, 0.15) is 11.9 Å². The molecule has 0 amide bonds. The molecule has 5 atom stereocenters. The van der Waals surface area contributed by atoms with Crippen LogP contribution in [0, 0.1) is 5.92 Å². The lowest BCUT2D eigenvalue weighted by molar-refractivity contribution is -0.0494. The Morgan fingerprint density at radius 3 is 2.69 bits per heavy atom. The molecule has 4 bridgehead atoms. The van der Waals surface area contributed by atoms with E-state index in [2.05, 4.69) is 14.6 Å². The van der Waals surface area contributed by atoms with E-state index in [0.29, 0.717) is 48.1 Å². The third kappa shape index (κ3) is 3.21. The van der Waals surface area contributed by atoms with Gasteiger partial charge < -0.3 is 25.0 Å². The smallest absolute Gasteiger partial charge is 0.387 e. The zero-order valence-corrected chi connectivity index (χ0v) is 17.2. The Labute approximate surface area is 182 Å². The molecule has 4 aliphatic rings. The van der Waals surface area contributed by atoms with Gasteiger partial charge in [0, 0.05) is 37.0 Å². The van der Waals surface area contributed by atoms with Crippen LogP contribution in [0.3, 0.4) is 0 Å². The molecule has 0 aromatic carbocycles. The maximum Gasteiger partial charge on any atom is 0.387 e. The number of pyridine rings is 1. The van der Waals surface area contributed by atoms with E-state index >= 15 is 0 Å². The molecule has 1 aliphatic carbocycles. The van der Waals surface area contributed by atoms with Crippen LogP contribution in [-0.2, 0) is 4.74 Å². The third-order valence-corrected chi connectivity index (χ3v) is 7.04. The van der Waals surface area contributed by atoms with Crippen molar-refractivity contribution < 1.29 is 22.6 Å². The van der Waals surface area contributed by atoms with Gasteiger partial charge in [0.25, 0.3) is 0 Å². The number of anilines is 3. The normalized spacial score (nSPS) is 30.7. The highest BCUT2D eigenvalue weighted by molar-refractivity contribution is 5.68. The van der Waals surface area contributed by atoms with E-state index in [-0.39, 0.29) is 11.6 Å². The minimum Gasteiger partial charge on any atom is -0.431 e. The first-order chi connectivity index (χ1) is 15.5. The van der Waals surface area contributed by atoms with Crippen molar-refractivity contribution in [1.29, 1.82) is 0 Å². The number of morpholine rings is 1. The second-order valence-electron chi connectivity index (χ2n) is 8.92. The number of nitrogen functional groups attached to an aromatic ring is 1. The van der Waals surface area contributed by atoms with Gasteiger partial charge in [0.2, 0.25) is 5.95 Å². The second-order valence-corrected chi connectivity index (χ2v) is 8.92. The molecule has 4 fully saturated rings. The van der Waals surface area contributed by atoms with Crippen LogP contribution in [0.25, 0.3) is 11.3 Å². The summed E-state index contributed by atoms with van der Waals surface area (Å²) in [5, 5.41) is 0. The Hall–Kier alpha value is -2.82. The Bertz CT molecular complexity index is 1040. The second kappa shape index (κ2) is 7.36. The molecule has 0 radical (unpaired) electrons. The van der Waals surface area contributed by atoms with Crippen molar-refractivity contribution in [3.63, 3.8) is 0 Å². The third-order valence-electron chi connectivity index (χ3n) is 7.04. The van der Waals surface area contributed by atoms with Gasteiger partial charge >= 0.3 is 6.61 Å². The predicted molar refractivity (Wildman–Crippen MR) is 111 cm³/mol. The summed E-state index contributed by atoms with van der Waals surface area (Å²) in [6.07, 6.45) is 3.36. The lowest BCUT2D eigenvalue weighted by atomic mass is 10.1. The zero-order chi connectivity index (χ0) is 22.0. The van der Waals surface area contributed by atoms with Crippen LogP contribution in [0.5, 0.6) is 5.75 Å². The minimum absolute atomic E-state index is 0.130. The number of hydrogen-bond acceptors (Lipinski definition) is 8. The average molecular weight is 448 g/mol. The van der Waals surface area contributed by atoms with E-state index in [0.717, 1.165) is 19.4 Å². The van der Waals surface area contributed by atoms with Crippen molar-refractivity contribution in [1.82, 2.24) is 15.0 Å². The molecule has 2 aromatic heterocycles. The van der Waals surface area contributed by atoms with Gasteiger partial charge in [-0.3, -0.25) is 0 Å². The number of halogens is 3. The fraction of sp³-hybridized carbons (Fsp3) is 0.571. The first-order valence-electron chi connectivity index (χ1n) is 10.8. The molecule has 170 valence electrons. The highest BCUT2D eigenvalue weighted by Gasteiger charge is 2.49. The number of nitrogens with zero attached hydrogens (tertiary/aromatic N) is 5. The summed E-state index contributed by atoms with van der Waals surface area (Å²) in [5.41, 5.74) is 6.67. The summed E-state index contributed by atoms with van der Waals surface area (Å²) in [5.74, 6) is 1.45. The van der Waals surface area contributed by atoms with Crippen LogP contribution in [0.2, 0.25) is 0 Å². The van der Waals surface area contributed by atoms with Gasteiger partial charge in [0.15, 0.2) is 17.7 Å². The number of ether oxygens (including phenoxy) is 2. The highest BCUT2D eigenvalue weighted by atomic mass is 19.3. The van der Waals surface area contributed by atoms with Gasteiger partial charge in [-0.05, 0) is 31.2 Å². The van der Waals surface area contributed by atoms with Crippen molar-refractivity contribution in [2.24, 2.45) is 5.92 Å². The minimum atomic E-state index is -3.02. The maximum absolute atomic E-state index is 14.5. The van der Waals surface area contributed by atoms with Crippen LogP contribution < -0.4 is 20.3 Å². The van der Waals surface area contributed by atoms with Crippen LogP contribution >= 0.6 is 0 Å². The van der Waals surface area contributed by atoms with E-state index in [1.54, 1.807) is 6.07 Å². The molecule has 8 nitrogen and oxygen atoms in total. The van der Waals surface area contributed by atoms with Crippen molar-refractivity contribution in [3.8, 4) is 17.0 Å². The summed E-state index contributed by atoms with van der Waals surface area (Å²) >= 11 is 0. The number of hydrogen-bond donors (Lipinski definition) is 1. The lowest BCUT2D eigenvalue weighted by Gasteiger charge is -2.31. The molecule has 2 aromatic rings. The molecule has 3 aliphatic heterocycles. The summed E-state index contributed by atoms with van der Waals surface area (Å²) < 4.78 is 50.1. The van der Waals surface area contributed by atoms with Crippen molar-refractivity contribution >= 4 is 17.6 Å². The van der Waals surface area contributed by atoms with Crippen LogP contribution in [0.4, 0.5) is 30.8 Å². The largest absolute Gasteiger partial charge is 0.431 e. The summed E-state index contributed by atoms with van der Waals surface area (Å²) in [7, 11) is 0. The van der Waals surface area contributed by atoms with E-state index in [1.807, 2.05) is 4.90 Å². The standard InChI is InChI=1S/C21H23F3N6O2/c22-18-14-9-31-16(18)8-30(14)17-5-13(11-4-15(32-20(23)24)19(25)26-6-11)27-21(28-17)29-7-10-1-2-12(29)3-10/h4-6,10,12,14,16,18,20H,1-3,7-9H2,(H2,25,26)/t10?,12?,14-,16-,18?/m0/s1. The SMILES string of the molecule is Nc1ncc(-c2cc(N3C[C@@H]4OC[C@H]3C4F)nc(N3CC4CCC3C4)n2)cc1OC(F)F. The molecular formula is C21H23F3N6O2. The highest BCUT2D eigenvalue weighted by Crippen LogP contribution is 2.41. The van der Waals surface area contributed by atoms with E-state index in [9.17, 15) is 13.2 Å². The first kappa shape index (κ1) is 19.8. The Kier molecular flexibility index (Phi) is 4.56. The molecule has 1 saturated carbocycles. The molecular weight excluding hydrogens is 425 g/mol. The predicted octanol–water partition coefficient (Wildman–Crippen LogP) is 2.64. The van der Waals surface area contributed by atoms with Crippen LogP contribution in [-0.4, -0.2) is 65.6 Å². The number of alkyl halides is 3. The molecule has 6 rings (SSSR count). The van der Waals surface area contributed by atoms with Crippen LogP contribution in [0.15, 0.2) is 18.3 Å². The Morgan fingerprint density at radius 1 is 1.16 bits per heavy atom. The fourth-order valence-electron chi connectivity index (χ4n) is 5.46. The van der Waals surface area contributed by atoms with Gasteiger partial charge in [-0.25, -0.2) is 14.4 Å². The number of fused-ring (bicyclic) bond motifs is 4. The summed E-state index contributed by atoms with van der Waals surface area (Å²) in [4.78, 5) is 17.7. The van der Waals surface area contributed by atoms with Crippen molar-refractivity contribution in [2.75, 3.05) is 35.2 Å². The monoisotopic (exact) mass is 448 g/mol. The maximum atomic E-state index is 14.5. The fourth-order valence-corrected chi connectivity index (χ4v) is 5.46. The Morgan fingerprint density at radius 2 is 2.03 bits per heavy atom. The van der Waals surface area contributed by atoms with E-state index in [1.165, 1.54) is 18.7 Å². The molecule has 11 heteroatoms. The summed E-state index contributed by atoms with van der Waals surface area (Å²) in [6.45, 7) is -1.42. The topological polar surface area (TPSA) is 89.6 Å². The van der Waals surface area contributed by atoms with E-state index in [4.69, 9.17) is 20.4 Å². The molecule has 2 N–H and O–H groups in total. The quantitative estimate of drug-likeness (QED) is 0.747. The molecule has 3 saturated heterocycles. The van der Waals surface area contributed by atoms with E-state index < -0.39 is 24.9 Å². The van der Waals surface area contributed by atoms with Gasteiger partial charge in [-0.1, -0.05) is 0 Å². The van der Waals surface area contributed by atoms with Gasteiger partial charge in [0.05, 0.1) is 18.3 Å². The van der Waals surface area contributed by atoms with Crippen molar-refractivity contribution in [2.45, 2.75) is 50.2 Å². The Balaban J connectivity index is 1.41. The van der Waals surface area contributed by atoms with Gasteiger partial charge in [-0.2, -0.15) is 13.8 Å². The summed E-state index contributed by atoms with van der Waals surface area (Å²) in [6, 6.07) is 3.13. The number of piperidine rings is 1. The number of nitrogens with two attached hydrogens (primary N) is 1. The van der Waals surface area contributed by atoms with Crippen LogP contribution in [0.1, 0.15) is 19.3 Å². The zero-order valence-electron chi connectivity index (χ0n) is 17.2. The first-order valence-corrected chi connectivity index (χ1v) is 10.8. The molecule has 32 heavy (non-hydrogen) atoms. The molecule has 0 spiro atoms. The lowest BCUT2D eigenvalue weighted by Crippen LogP contribution is -2.39. The number of aromatic nitrogens is 3. The van der Waals surface area contributed by atoms with Crippen molar-refractivity contribution in [3.05, 3.63) is 18.3 Å². The average Bonchev–Trinajstić information content (AvgIpc) is 3.56.